The molecule has 4 rings (SSSR count). The number of alkyl halides is 1. The van der Waals surface area contributed by atoms with Crippen LogP contribution >= 0.6 is 23.2 Å². The summed E-state index contributed by atoms with van der Waals surface area (Å²) in [4.78, 5) is 6.52. The molecular weight excluding hydrogens is 353 g/mol. The van der Waals surface area contributed by atoms with Crippen LogP contribution in [0.2, 0.25) is 5.02 Å². The van der Waals surface area contributed by atoms with Crippen molar-refractivity contribution in [2.45, 2.75) is 24.8 Å². The molecule has 0 saturated carbocycles. The molecule has 1 atom stereocenters. The molecule has 5 heteroatoms. The highest BCUT2D eigenvalue weighted by molar-refractivity contribution is 6.30. The van der Waals surface area contributed by atoms with Gasteiger partial charge in [-0.3, -0.25) is 4.98 Å². The van der Waals surface area contributed by atoms with Gasteiger partial charge in [0.05, 0.1) is 10.4 Å². The molecule has 3 heterocycles. The molecule has 0 spiro atoms. The highest BCUT2D eigenvalue weighted by Gasteiger charge is 2.26. The molecule has 0 fully saturated rings. The summed E-state index contributed by atoms with van der Waals surface area (Å²) in [5.41, 5.74) is 5.12. The van der Waals surface area contributed by atoms with Crippen LogP contribution in [-0.4, -0.2) is 34.6 Å². The van der Waals surface area contributed by atoms with Gasteiger partial charge in [0, 0.05) is 60.6 Å². The van der Waals surface area contributed by atoms with E-state index in [2.05, 4.69) is 45.8 Å². The van der Waals surface area contributed by atoms with E-state index in [9.17, 15) is 0 Å². The van der Waals surface area contributed by atoms with Crippen LogP contribution in [0.3, 0.4) is 0 Å². The fourth-order valence-corrected chi connectivity index (χ4v) is 4.52. The molecular formula is C20H21Cl2N3. The van der Waals surface area contributed by atoms with Gasteiger partial charge in [0.2, 0.25) is 0 Å². The number of nitrogens with zero attached hydrogens (tertiary/aromatic N) is 3. The van der Waals surface area contributed by atoms with Gasteiger partial charge in [-0.2, -0.15) is 0 Å². The Hall–Kier alpha value is -1.55. The van der Waals surface area contributed by atoms with Crippen LogP contribution in [0, 0.1) is 0 Å². The van der Waals surface area contributed by atoms with Gasteiger partial charge in [0.25, 0.3) is 0 Å². The zero-order chi connectivity index (χ0) is 17.4. The van der Waals surface area contributed by atoms with Crippen molar-refractivity contribution in [3.8, 4) is 0 Å². The zero-order valence-electron chi connectivity index (χ0n) is 14.3. The minimum Gasteiger partial charge on any atom is -0.344 e. The van der Waals surface area contributed by atoms with E-state index in [0.717, 1.165) is 38.0 Å². The molecule has 1 aromatic carbocycles. The van der Waals surface area contributed by atoms with E-state index in [-0.39, 0.29) is 5.38 Å². The van der Waals surface area contributed by atoms with Gasteiger partial charge in [0.15, 0.2) is 0 Å². The second-order valence-corrected chi connectivity index (χ2v) is 7.73. The number of fused-ring (bicyclic) bond motifs is 3. The van der Waals surface area contributed by atoms with Crippen molar-refractivity contribution in [3.05, 3.63) is 64.6 Å². The first-order chi connectivity index (χ1) is 12.1. The maximum atomic E-state index is 6.79. The molecule has 130 valence electrons. The number of aryl methyl sites for hydroxylation is 2. The third-order valence-electron chi connectivity index (χ3n) is 5.02. The fourth-order valence-electron chi connectivity index (χ4n) is 3.84. The molecule has 3 nitrogen and oxygen atoms in total. The van der Waals surface area contributed by atoms with Crippen LogP contribution < -0.4 is 0 Å². The lowest BCUT2D eigenvalue weighted by Crippen LogP contribution is -2.22. The van der Waals surface area contributed by atoms with Crippen LogP contribution in [0.4, 0.5) is 0 Å². The molecule has 0 N–H and O–H groups in total. The Morgan fingerprint density at radius 3 is 2.92 bits per heavy atom. The van der Waals surface area contributed by atoms with Gasteiger partial charge < -0.3 is 9.47 Å². The SMILES string of the molecule is CN1CCc2c(c3ccccc3n2CCc2cncc(Cl)c2)C(Cl)C1. The quantitative estimate of drug-likeness (QED) is 0.620. The van der Waals surface area contributed by atoms with Crippen LogP contribution in [0.1, 0.15) is 22.2 Å². The normalized spacial score (nSPS) is 18.3. The number of rotatable bonds is 3. The van der Waals surface area contributed by atoms with E-state index >= 15 is 0 Å². The van der Waals surface area contributed by atoms with E-state index in [0.29, 0.717) is 5.02 Å². The number of benzene rings is 1. The maximum absolute atomic E-state index is 6.79. The molecule has 2 aromatic heterocycles. The first-order valence-electron chi connectivity index (χ1n) is 8.65. The molecule has 0 amide bonds. The lowest BCUT2D eigenvalue weighted by atomic mass is 10.1. The largest absolute Gasteiger partial charge is 0.344 e. The molecule has 1 unspecified atom stereocenters. The van der Waals surface area contributed by atoms with Gasteiger partial charge in [-0.05, 0) is 31.2 Å². The first kappa shape index (κ1) is 16.9. The maximum Gasteiger partial charge on any atom is 0.0735 e. The molecule has 0 bridgehead atoms. The monoisotopic (exact) mass is 373 g/mol. The topological polar surface area (TPSA) is 21.1 Å². The molecule has 0 aliphatic carbocycles. The van der Waals surface area contributed by atoms with Crippen LogP contribution in [0.5, 0.6) is 0 Å². The summed E-state index contributed by atoms with van der Waals surface area (Å²) < 4.78 is 2.44. The lowest BCUT2D eigenvalue weighted by Gasteiger charge is -2.15. The second-order valence-electron chi connectivity index (χ2n) is 6.77. The highest BCUT2D eigenvalue weighted by atomic mass is 35.5. The Morgan fingerprint density at radius 1 is 1.24 bits per heavy atom. The van der Waals surface area contributed by atoms with E-state index in [1.807, 2.05) is 12.3 Å². The van der Waals surface area contributed by atoms with Gasteiger partial charge in [-0.1, -0.05) is 29.8 Å². The van der Waals surface area contributed by atoms with Gasteiger partial charge in [-0.25, -0.2) is 0 Å². The number of pyridine rings is 1. The van der Waals surface area contributed by atoms with Crippen LogP contribution in [-0.2, 0) is 19.4 Å². The van der Waals surface area contributed by atoms with E-state index in [1.54, 1.807) is 6.20 Å². The third-order valence-corrected chi connectivity index (χ3v) is 5.59. The highest BCUT2D eigenvalue weighted by Crippen LogP contribution is 2.37. The summed E-state index contributed by atoms with van der Waals surface area (Å²) in [6.07, 6.45) is 5.50. The van der Waals surface area contributed by atoms with E-state index < -0.39 is 0 Å². The summed E-state index contributed by atoms with van der Waals surface area (Å²) in [7, 11) is 2.14. The number of hydrogen-bond donors (Lipinski definition) is 0. The average molecular weight is 374 g/mol. The van der Waals surface area contributed by atoms with Gasteiger partial charge in [-0.15, -0.1) is 11.6 Å². The molecule has 25 heavy (non-hydrogen) atoms. The average Bonchev–Trinajstić information content (AvgIpc) is 2.83. The Kier molecular flexibility index (Phi) is 4.72. The molecule has 1 aliphatic rings. The predicted octanol–water partition coefficient (Wildman–Crippen LogP) is 4.70. The van der Waals surface area contributed by atoms with Crippen molar-refractivity contribution in [2.24, 2.45) is 0 Å². The standard InChI is InChI=1S/C20H21Cl2N3/c1-24-8-7-19-20(17(22)13-24)16-4-2-3-5-18(16)25(19)9-6-14-10-15(21)12-23-11-14/h2-5,10-12,17H,6-9,13H2,1H3. The Labute approximate surface area is 158 Å². The number of halogens is 2. The summed E-state index contributed by atoms with van der Waals surface area (Å²) in [5, 5.41) is 2.01. The van der Waals surface area contributed by atoms with Crippen molar-refractivity contribution in [1.82, 2.24) is 14.5 Å². The summed E-state index contributed by atoms with van der Waals surface area (Å²) >= 11 is 12.9. The second kappa shape index (κ2) is 6.99. The Morgan fingerprint density at radius 2 is 2.08 bits per heavy atom. The third kappa shape index (κ3) is 3.29. The van der Waals surface area contributed by atoms with Crippen LogP contribution in [0.15, 0.2) is 42.7 Å². The van der Waals surface area contributed by atoms with Gasteiger partial charge >= 0.3 is 0 Å². The first-order valence-corrected chi connectivity index (χ1v) is 9.47. The number of aromatic nitrogens is 2. The number of para-hydroxylation sites is 1. The van der Waals surface area contributed by atoms with E-state index in [1.165, 1.54) is 22.2 Å². The molecule has 1 aliphatic heterocycles. The van der Waals surface area contributed by atoms with E-state index in [4.69, 9.17) is 23.2 Å². The van der Waals surface area contributed by atoms with Crippen molar-refractivity contribution in [1.29, 1.82) is 0 Å². The minimum atomic E-state index is 0.0292. The Balaban J connectivity index is 1.75. The van der Waals surface area contributed by atoms with Crippen molar-refractivity contribution < 1.29 is 0 Å². The fraction of sp³-hybridized carbons (Fsp3) is 0.350. The molecule has 3 aromatic rings. The van der Waals surface area contributed by atoms with Gasteiger partial charge in [0.1, 0.15) is 0 Å². The lowest BCUT2D eigenvalue weighted by molar-refractivity contribution is 0.347. The van der Waals surface area contributed by atoms with Crippen molar-refractivity contribution in [2.75, 3.05) is 20.1 Å². The molecule has 0 radical (unpaired) electrons. The molecule has 0 saturated heterocycles. The number of likely N-dealkylation sites (N-methyl/N-ethyl adjacent to an activating group) is 1. The minimum absolute atomic E-state index is 0.0292. The number of hydrogen-bond acceptors (Lipinski definition) is 2. The van der Waals surface area contributed by atoms with Crippen LogP contribution in [0.25, 0.3) is 10.9 Å². The smallest absolute Gasteiger partial charge is 0.0735 e. The summed E-state index contributed by atoms with van der Waals surface area (Å²) in [6.45, 7) is 2.83. The van der Waals surface area contributed by atoms with Crippen molar-refractivity contribution in [3.63, 3.8) is 0 Å². The predicted molar refractivity (Wildman–Crippen MR) is 105 cm³/mol. The van der Waals surface area contributed by atoms with Crippen molar-refractivity contribution >= 4 is 34.1 Å². The summed E-state index contributed by atoms with van der Waals surface area (Å²) in [5.74, 6) is 0. The zero-order valence-corrected chi connectivity index (χ0v) is 15.8. The Bertz CT molecular complexity index is 903. The summed E-state index contributed by atoms with van der Waals surface area (Å²) in [6, 6.07) is 10.6.